The van der Waals surface area contributed by atoms with Gasteiger partial charge in [0.05, 0.1) is 6.61 Å². The third-order valence-electron chi connectivity index (χ3n) is 3.34. The van der Waals surface area contributed by atoms with Gasteiger partial charge in [0.2, 0.25) is 0 Å². The molecule has 1 aliphatic heterocycles. The second kappa shape index (κ2) is 7.04. The molecule has 1 fully saturated rings. The molecule has 4 heteroatoms. The highest BCUT2D eigenvalue weighted by Crippen LogP contribution is 2.13. The summed E-state index contributed by atoms with van der Waals surface area (Å²) < 4.78 is 5.59. The molecular formula is C15H20ClNO2. The van der Waals surface area contributed by atoms with Crippen molar-refractivity contribution < 1.29 is 9.53 Å². The van der Waals surface area contributed by atoms with E-state index in [0.29, 0.717) is 18.1 Å². The molecule has 1 aromatic carbocycles. The highest BCUT2D eigenvalue weighted by atomic mass is 35.5. The minimum Gasteiger partial charge on any atom is -0.368 e. The number of carbonyl (C=O) groups excluding carboxylic acids is 1. The Labute approximate surface area is 119 Å². The number of hydrogen-bond acceptors (Lipinski definition) is 3. The molecule has 0 bridgehead atoms. The number of ketones is 1. The van der Waals surface area contributed by atoms with E-state index in [2.05, 4.69) is 11.8 Å². The highest BCUT2D eigenvalue weighted by Gasteiger charge is 2.25. The molecule has 1 atom stereocenters. The van der Waals surface area contributed by atoms with Crippen molar-refractivity contribution in [1.29, 1.82) is 0 Å². The van der Waals surface area contributed by atoms with E-state index in [9.17, 15) is 4.79 Å². The summed E-state index contributed by atoms with van der Waals surface area (Å²) in [6.45, 7) is 5.49. The van der Waals surface area contributed by atoms with Crippen LogP contribution in [0.4, 0.5) is 0 Å². The van der Waals surface area contributed by atoms with Gasteiger partial charge in [-0.1, -0.05) is 30.7 Å². The summed E-state index contributed by atoms with van der Waals surface area (Å²) in [5.41, 5.74) is 0.991. The SMILES string of the molecule is CCCN1CCOC(C(=O)Cc2ccc(Cl)cc2)C1. The maximum absolute atomic E-state index is 12.2. The van der Waals surface area contributed by atoms with E-state index >= 15 is 0 Å². The summed E-state index contributed by atoms with van der Waals surface area (Å²) in [7, 11) is 0. The number of benzene rings is 1. The van der Waals surface area contributed by atoms with E-state index < -0.39 is 0 Å². The van der Waals surface area contributed by atoms with Crippen LogP contribution in [0.2, 0.25) is 5.02 Å². The summed E-state index contributed by atoms with van der Waals surface area (Å²) in [6.07, 6.45) is 1.25. The molecule has 1 saturated heterocycles. The van der Waals surface area contributed by atoms with Gasteiger partial charge in [0.25, 0.3) is 0 Å². The maximum atomic E-state index is 12.2. The Bertz CT molecular complexity index is 417. The lowest BCUT2D eigenvalue weighted by atomic mass is 10.0. The quantitative estimate of drug-likeness (QED) is 0.831. The molecule has 3 nitrogen and oxygen atoms in total. The zero-order chi connectivity index (χ0) is 13.7. The first kappa shape index (κ1) is 14.5. The lowest BCUT2D eigenvalue weighted by Crippen LogP contribution is -2.46. The van der Waals surface area contributed by atoms with Gasteiger partial charge in [-0.05, 0) is 30.7 Å². The molecule has 104 valence electrons. The number of hydrogen-bond donors (Lipinski definition) is 0. The van der Waals surface area contributed by atoms with Gasteiger partial charge in [-0.2, -0.15) is 0 Å². The van der Waals surface area contributed by atoms with Crippen molar-refractivity contribution in [2.24, 2.45) is 0 Å². The van der Waals surface area contributed by atoms with Gasteiger partial charge in [-0.15, -0.1) is 0 Å². The molecule has 0 saturated carbocycles. The smallest absolute Gasteiger partial charge is 0.167 e. The highest BCUT2D eigenvalue weighted by molar-refractivity contribution is 6.30. The van der Waals surface area contributed by atoms with Gasteiger partial charge in [-0.3, -0.25) is 9.69 Å². The number of Topliss-reactive ketones (excluding diaryl/α,β-unsaturated/α-hetero) is 1. The van der Waals surface area contributed by atoms with Crippen molar-refractivity contribution >= 4 is 17.4 Å². The molecule has 1 heterocycles. The van der Waals surface area contributed by atoms with Crippen molar-refractivity contribution in [3.8, 4) is 0 Å². The van der Waals surface area contributed by atoms with Crippen LogP contribution in [0.5, 0.6) is 0 Å². The topological polar surface area (TPSA) is 29.5 Å². The lowest BCUT2D eigenvalue weighted by molar-refractivity contribution is -0.135. The average molecular weight is 282 g/mol. The molecule has 0 amide bonds. The van der Waals surface area contributed by atoms with Gasteiger partial charge in [0.15, 0.2) is 5.78 Å². The van der Waals surface area contributed by atoms with Crippen molar-refractivity contribution in [2.75, 3.05) is 26.2 Å². The summed E-state index contributed by atoms with van der Waals surface area (Å²) in [5, 5.41) is 0.694. The number of nitrogens with zero attached hydrogens (tertiary/aromatic N) is 1. The molecule has 0 radical (unpaired) electrons. The van der Waals surface area contributed by atoms with Crippen LogP contribution in [-0.2, 0) is 16.0 Å². The van der Waals surface area contributed by atoms with E-state index in [1.54, 1.807) is 0 Å². The first-order valence-electron chi connectivity index (χ1n) is 6.80. The molecule has 0 spiro atoms. The van der Waals surface area contributed by atoms with Gasteiger partial charge in [-0.25, -0.2) is 0 Å². The normalized spacial score (nSPS) is 20.4. The molecule has 0 N–H and O–H groups in total. The second-order valence-electron chi connectivity index (χ2n) is 4.93. The Kier molecular flexibility index (Phi) is 5.37. The zero-order valence-corrected chi connectivity index (χ0v) is 12.0. The summed E-state index contributed by atoms with van der Waals surface area (Å²) in [4.78, 5) is 14.5. The fourth-order valence-corrected chi connectivity index (χ4v) is 2.46. The average Bonchev–Trinajstić information content (AvgIpc) is 2.42. The Morgan fingerprint density at radius 1 is 1.42 bits per heavy atom. The van der Waals surface area contributed by atoms with E-state index in [1.165, 1.54) is 0 Å². The molecular weight excluding hydrogens is 262 g/mol. The Hall–Kier alpha value is -0.900. The second-order valence-corrected chi connectivity index (χ2v) is 5.37. The third kappa shape index (κ3) is 4.30. The lowest BCUT2D eigenvalue weighted by Gasteiger charge is -2.31. The summed E-state index contributed by atoms with van der Waals surface area (Å²) >= 11 is 5.83. The molecule has 1 aliphatic rings. The monoisotopic (exact) mass is 281 g/mol. The molecule has 2 rings (SSSR count). The van der Waals surface area contributed by atoms with Crippen molar-refractivity contribution in [2.45, 2.75) is 25.9 Å². The van der Waals surface area contributed by atoms with Crippen LogP contribution in [-0.4, -0.2) is 43.0 Å². The number of halogens is 1. The minimum absolute atomic E-state index is 0.156. The largest absolute Gasteiger partial charge is 0.368 e. The number of rotatable bonds is 5. The predicted molar refractivity (Wildman–Crippen MR) is 76.6 cm³/mol. The number of ether oxygens (including phenoxy) is 1. The van der Waals surface area contributed by atoms with Gasteiger partial charge in [0, 0.05) is 24.5 Å². The first-order valence-corrected chi connectivity index (χ1v) is 7.18. The van der Waals surface area contributed by atoms with Crippen molar-refractivity contribution in [1.82, 2.24) is 4.90 Å². The van der Waals surface area contributed by atoms with Gasteiger partial charge < -0.3 is 4.74 Å². The summed E-state index contributed by atoms with van der Waals surface area (Å²) in [5.74, 6) is 0.156. The van der Waals surface area contributed by atoms with Crippen molar-refractivity contribution in [3.05, 3.63) is 34.9 Å². The fraction of sp³-hybridized carbons (Fsp3) is 0.533. The molecule has 0 aromatic heterocycles. The first-order chi connectivity index (χ1) is 9.19. The van der Waals surface area contributed by atoms with Crippen LogP contribution < -0.4 is 0 Å². The van der Waals surface area contributed by atoms with Crippen LogP contribution in [0.15, 0.2) is 24.3 Å². The zero-order valence-electron chi connectivity index (χ0n) is 11.3. The molecule has 0 aliphatic carbocycles. The Morgan fingerprint density at radius 2 is 2.16 bits per heavy atom. The molecule has 1 aromatic rings. The van der Waals surface area contributed by atoms with Crippen LogP contribution >= 0.6 is 11.6 Å². The van der Waals surface area contributed by atoms with Crippen LogP contribution in [0.1, 0.15) is 18.9 Å². The number of morpholine rings is 1. The molecule has 19 heavy (non-hydrogen) atoms. The van der Waals surface area contributed by atoms with E-state index in [-0.39, 0.29) is 11.9 Å². The Balaban J connectivity index is 1.90. The summed E-state index contributed by atoms with van der Waals surface area (Å²) in [6, 6.07) is 7.42. The van der Waals surface area contributed by atoms with E-state index in [1.807, 2.05) is 24.3 Å². The van der Waals surface area contributed by atoms with Crippen LogP contribution in [0.25, 0.3) is 0 Å². The van der Waals surface area contributed by atoms with Crippen LogP contribution in [0.3, 0.4) is 0 Å². The van der Waals surface area contributed by atoms with Crippen LogP contribution in [0, 0.1) is 0 Å². The predicted octanol–water partition coefficient (Wildman–Crippen LogP) is 2.56. The fourth-order valence-electron chi connectivity index (χ4n) is 2.33. The maximum Gasteiger partial charge on any atom is 0.167 e. The molecule has 1 unspecified atom stereocenters. The van der Waals surface area contributed by atoms with Gasteiger partial charge >= 0.3 is 0 Å². The number of carbonyl (C=O) groups is 1. The van der Waals surface area contributed by atoms with Crippen molar-refractivity contribution in [3.63, 3.8) is 0 Å². The Morgan fingerprint density at radius 3 is 2.84 bits per heavy atom. The minimum atomic E-state index is -0.282. The third-order valence-corrected chi connectivity index (χ3v) is 3.59. The van der Waals surface area contributed by atoms with Gasteiger partial charge in [0.1, 0.15) is 6.10 Å². The van der Waals surface area contributed by atoms with E-state index in [4.69, 9.17) is 16.3 Å². The standard InChI is InChI=1S/C15H20ClNO2/c1-2-7-17-8-9-19-15(11-17)14(18)10-12-3-5-13(16)6-4-12/h3-6,15H,2,7-11H2,1H3. The van der Waals surface area contributed by atoms with E-state index in [0.717, 1.165) is 31.6 Å².